The van der Waals surface area contributed by atoms with E-state index in [4.69, 9.17) is 9.97 Å². The van der Waals surface area contributed by atoms with E-state index in [1.165, 1.54) is 51.5 Å². The maximum Gasteiger partial charge on any atom is 0.0736 e. The van der Waals surface area contributed by atoms with Gasteiger partial charge in [0, 0.05) is 108 Å². The van der Waals surface area contributed by atoms with E-state index in [1.54, 1.807) is 0 Å². The minimum atomic E-state index is 0.954. The molecule has 0 fully saturated rings. The molecule has 0 bridgehead atoms. The smallest absolute Gasteiger partial charge is 0.0736 e. The first kappa shape index (κ1) is 35.1. The molecule has 4 aromatic heterocycles. The second kappa shape index (κ2) is 13.9. The Hall–Kier alpha value is -6.86. The largest absolute Gasteiger partial charge is 0.310 e. The number of fused-ring (bicyclic) bond motifs is 6. The zero-order valence-corrected chi connectivity index (χ0v) is 34.8. The highest BCUT2D eigenvalue weighted by molar-refractivity contribution is 7.26. The van der Waals surface area contributed by atoms with Crippen LogP contribution in [0.3, 0.4) is 0 Å². The van der Waals surface area contributed by atoms with Gasteiger partial charge in [0.05, 0.1) is 11.0 Å². The van der Waals surface area contributed by atoms with E-state index in [1.807, 2.05) is 35.1 Å². The topological polar surface area (TPSA) is 32.3 Å². The summed E-state index contributed by atoms with van der Waals surface area (Å²) in [7, 11) is 0. The lowest BCUT2D eigenvalue weighted by molar-refractivity contribution is 1.14. The summed E-state index contributed by atoms with van der Waals surface area (Å²) in [5.74, 6) is 0. The number of anilines is 6. The highest BCUT2D eigenvalue weighted by Gasteiger charge is 2.21. The predicted octanol–water partition coefficient (Wildman–Crippen LogP) is 16.2. The molecule has 8 aromatic carbocycles. The minimum Gasteiger partial charge on any atom is -0.310 e. The zero-order chi connectivity index (χ0) is 39.9. The van der Waals surface area contributed by atoms with Crippen LogP contribution in [-0.2, 0) is 12.8 Å². The Morgan fingerprint density at radius 1 is 0.383 bits per heavy atom. The SMILES string of the molecule is CCc1ccc(N(c2cc3cnc4cc(N(c5ccc(CC)cc5)c5ccc6c(c5)sc5ccccc56)cc5cnc(c2)c3c54)c2ccc3c(c2)sc2ccccc23)cc1. The van der Waals surface area contributed by atoms with Crippen LogP contribution < -0.4 is 9.80 Å². The van der Waals surface area contributed by atoms with Crippen molar-refractivity contribution in [2.24, 2.45) is 0 Å². The van der Waals surface area contributed by atoms with Gasteiger partial charge < -0.3 is 9.80 Å². The van der Waals surface area contributed by atoms with Gasteiger partial charge in [-0.05, 0) is 109 Å². The van der Waals surface area contributed by atoms with Gasteiger partial charge in [-0.25, -0.2) is 0 Å². The molecule has 286 valence electrons. The molecule has 0 amide bonds. The quantitative estimate of drug-likeness (QED) is 0.143. The van der Waals surface area contributed by atoms with Crippen LogP contribution in [0.25, 0.3) is 72.9 Å². The van der Waals surface area contributed by atoms with Gasteiger partial charge in [-0.3, -0.25) is 9.97 Å². The molecule has 4 heterocycles. The van der Waals surface area contributed by atoms with E-state index in [0.29, 0.717) is 0 Å². The minimum absolute atomic E-state index is 0.954. The summed E-state index contributed by atoms with van der Waals surface area (Å²) < 4.78 is 5.16. The Morgan fingerprint density at radius 3 is 1.22 bits per heavy atom. The van der Waals surface area contributed by atoms with Crippen LogP contribution in [0.15, 0.2) is 170 Å². The van der Waals surface area contributed by atoms with Crippen LogP contribution in [0.1, 0.15) is 25.0 Å². The van der Waals surface area contributed by atoms with Gasteiger partial charge in [0.1, 0.15) is 0 Å². The number of hydrogen-bond acceptors (Lipinski definition) is 6. The standard InChI is InChI=1S/C54H38N4S2/c1-3-33-13-17-37(18-14-33)57(39-21-23-45-43-9-5-7-11-49(43)59-51(45)29-39)41-25-35-31-56-48-28-42(26-36-32-55-47(27-41)53(35)54(36)48)58(38-19-15-34(4-2)16-20-38)40-22-24-46-44-10-6-8-12-50(44)60-52(46)30-40/h5-32H,3-4H2,1-2H3. The van der Waals surface area contributed by atoms with E-state index in [-0.39, 0.29) is 0 Å². The predicted molar refractivity (Wildman–Crippen MR) is 260 cm³/mol. The number of hydrogen-bond donors (Lipinski definition) is 0. The summed E-state index contributed by atoms with van der Waals surface area (Å²) in [6.07, 6.45) is 6.07. The Labute approximate surface area is 355 Å². The molecule has 0 spiro atoms. The van der Waals surface area contributed by atoms with Crippen molar-refractivity contribution in [2.75, 3.05) is 9.80 Å². The normalized spacial score (nSPS) is 12.0. The number of benzene rings is 8. The van der Waals surface area contributed by atoms with Crippen LogP contribution in [0, 0.1) is 0 Å². The van der Waals surface area contributed by atoms with Gasteiger partial charge >= 0.3 is 0 Å². The lowest BCUT2D eigenvalue weighted by atomic mass is 9.99. The molecule has 0 aliphatic heterocycles. The molecule has 6 heteroatoms. The Morgan fingerprint density at radius 2 is 0.783 bits per heavy atom. The fourth-order valence-corrected chi connectivity index (χ4v) is 11.4. The Balaban J connectivity index is 1.01. The molecule has 60 heavy (non-hydrogen) atoms. The van der Waals surface area contributed by atoms with Crippen molar-refractivity contribution >= 4 is 130 Å². The van der Waals surface area contributed by atoms with Crippen LogP contribution in [0.2, 0.25) is 0 Å². The van der Waals surface area contributed by atoms with Crippen LogP contribution in [-0.4, -0.2) is 9.97 Å². The first-order valence-electron chi connectivity index (χ1n) is 20.7. The third-order valence-corrected chi connectivity index (χ3v) is 14.4. The van der Waals surface area contributed by atoms with Crippen LogP contribution >= 0.6 is 22.7 Å². The average Bonchev–Trinajstić information content (AvgIpc) is 3.86. The second-order valence-corrected chi connectivity index (χ2v) is 17.8. The average molecular weight is 807 g/mol. The first-order chi connectivity index (χ1) is 29.6. The van der Waals surface area contributed by atoms with Gasteiger partial charge in [-0.15, -0.1) is 22.7 Å². The highest BCUT2D eigenvalue weighted by atomic mass is 32.1. The van der Waals surface area contributed by atoms with E-state index in [2.05, 4.69) is 181 Å². The third-order valence-electron chi connectivity index (χ3n) is 12.2. The van der Waals surface area contributed by atoms with E-state index >= 15 is 0 Å². The van der Waals surface area contributed by atoms with Gasteiger partial charge in [0.25, 0.3) is 0 Å². The summed E-state index contributed by atoms with van der Waals surface area (Å²) >= 11 is 3.70. The molecule has 0 N–H and O–H groups in total. The molecular formula is C54H38N4S2. The van der Waals surface area contributed by atoms with Crippen LogP contribution in [0.4, 0.5) is 34.1 Å². The molecule has 0 unspecified atom stereocenters. The molecule has 0 aliphatic carbocycles. The monoisotopic (exact) mass is 806 g/mol. The number of nitrogens with zero attached hydrogens (tertiary/aromatic N) is 4. The van der Waals surface area contributed by atoms with E-state index in [9.17, 15) is 0 Å². The van der Waals surface area contributed by atoms with Crippen molar-refractivity contribution in [2.45, 2.75) is 26.7 Å². The molecule has 4 nitrogen and oxygen atoms in total. The van der Waals surface area contributed by atoms with Gasteiger partial charge in [-0.1, -0.05) is 86.6 Å². The van der Waals surface area contributed by atoms with Crippen molar-refractivity contribution in [3.8, 4) is 0 Å². The second-order valence-electron chi connectivity index (χ2n) is 15.6. The highest BCUT2D eigenvalue weighted by Crippen LogP contribution is 2.46. The summed E-state index contributed by atoms with van der Waals surface area (Å²) in [6.45, 7) is 4.41. The molecular weight excluding hydrogens is 769 g/mol. The van der Waals surface area contributed by atoms with Gasteiger partial charge in [-0.2, -0.15) is 0 Å². The molecule has 12 aromatic rings. The molecule has 0 radical (unpaired) electrons. The summed E-state index contributed by atoms with van der Waals surface area (Å²) in [4.78, 5) is 15.2. The molecule has 0 atom stereocenters. The van der Waals surface area contributed by atoms with Crippen molar-refractivity contribution in [3.63, 3.8) is 0 Å². The third kappa shape index (κ3) is 5.63. The van der Waals surface area contributed by atoms with Gasteiger partial charge in [0.15, 0.2) is 0 Å². The number of thiophene rings is 2. The Kier molecular flexibility index (Phi) is 8.12. The number of rotatable bonds is 8. The first-order valence-corrected chi connectivity index (χ1v) is 22.3. The summed E-state index contributed by atoms with van der Waals surface area (Å²) in [6, 6.07) is 58.1. The number of aryl methyl sites for hydroxylation is 2. The van der Waals surface area contributed by atoms with E-state index < -0.39 is 0 Å². The molecule has 0 saturated carbocycles. The van der Waals surface area contributed by atoms with E-state index in [0.717, 1.165) is 79.5 Å². The van der Waals surface area contributed by atoms with Gasteiger partial charge in [0.2, 0.25) is 0 Å². The van der Waals surface area contributed by atoms with Crippen molar-refractivity contribution in [3.05, 3.63) is 181 Å². The van der Waals surface area contributed by atoms with Crippen LogP contribution in [0.5, 0.6) is 0 Å². The summed E-state index contributed by atoms with van der Waals surface area (Å²) in [5, 5.41) is 9.61. The molecule has 0 aliphatic rings. The number of aromatic nitrogens is 2. The van der Waals surface area contributed by atoms with Crippen molar-refractivity contribution in [1.29, 1.82) is 0 Å². The fraction of sp³-hybridized carbons (Fsp3) is 0.0741. The molecule has 12 rings (SSSR count). The molecule has 0 saturated heterocycles. The lowest BCUT2D eigenvalue weighted by Crippen LogP contribution is -2.11. The summed E-state index contributed by atoms with van der Waals surface area (Å²) in [5.41, 5.74) is 11.1. The maximum absolute atomic E-state index is 5.21. The Bertz CT molecular complexity index is 3280. The van der Waals surface area contributed by atoms with Crippen molar-refractivity contribution in [1.82, 2.24) is 9.97 Å². The lowest BCUT2D eigenvalue weighted by Gasteiger charge is -2.27. The maximum atomic E-state index is 5.21. The fourth-order valence-electron chi connectivity index (χ4n) is 9.12. The number of pyridine rings is 2. The zero-order valence-electron chi connectivity index (χ0n) is 33.2. The van der Waals surface area contributed by atoms with Crippen molar-refractivity contribution < 1.29 is 0 Å².